The Labute approximate surface area is 183 Å². The Morgan fingerprint density at radius 2 is 1.71 bits per heavy atom. The maximum absolute atomic E-state index is 13.5. The minimum Gasteiger partial charge on any atom is -0.353 e. The van der Waals surface area contributed by atoms with Crippen molar-refractivity contribution < 1.29 is 4.79 Å². The van der Waals surface area contributed by atoms with E-state index < -0.39 is 0 Å². The summed E-state index contributed by atoms with van der Waals surface area (Å²) < 4.78 is 2.30. The fourth-order valence-corrected chi connectivity index (χ4v) is 4.64. The van der Waals surface area contributed by atoms with E-state index in [4.69, 9.17) is 4.98 Å². The molecule has 2 aromatic heterocycles. The molecule has 1 amide bonds. The number of aromatic nitrogens is 3. The largest absolute Gasteiger partial charge is 0.353 e. The molecule has 0 saturated carbocycles. The number of amides is 1. The first-order valence-corrected chi connectivity index (χ1v) is 11.3. The molecular formula is C25H29N5O. The zero-order valence-electron chi connectivity index (χ0n) is 18.1. The number of rotatable bonds is 3. The number of imidazole rings is 1. The number of nitrogens with zero attached hydrogens (tertiary/aromatic N) is 5. The lowest BCUT2D eigenvalue weighted by atomic mass is 10.1. The number of aryl methyl sites for hydroxylation is 1. The van der Waals surface area contributed by atoms with Crippen molar-refractivity contribution in [1.82, 2.24) is 19.4 Å². The van der Waals surface area contributed by atoms with Crippen LogP contribution < -0.4 is 4.90 Å². The van der Waals surface area contributed by atoms with Crippen molar-refractivity contribution in [3.05, 3.63) is 65.6 Å². The van der Waals surface area contributed by atoms with Crippen LogP contribution in [0.1, 0.15) is 41.0 Å². The second kappa shape index (κ2) is 8.53. The van der Waals surface area contributed by atoms with E-state index in [1.165, 1.54) is 12.0 Å². The second-order valence-electron chi connectivity index (χ2n) is 8.53. The Hall–Kier alpha value is -3.15. The third-order valence-electron chi connectivity index (χ3n) is 6.42. The van der Waals surface area contributed by atoms with Gasteiger partial charge in [0.25, 0.3) is 5.91 Å². The molecule has 4 heterocycles. The standard InChI is InChI=1S/C25H29N5O/c1-19-9-11-20(12-10-19)24-27-23(21-7-3-2-6-14-30(21)24)25(31)29-17-15-28(16-18-29)22-8-4-5-13-26-22/h4-5,8-13H,2-3,6-7,14-18H2,1H3. The molecule has 1 saturated heterocycles. The van der Waals surface area contributed by atoms with E-state index in [2.05, 4.69) is 45.6 Å². The molecule has 0 spiro atoms. The highest BCUT2D eigenvalue weighted by molar-refractivity contribution is 5.94. The van der Waals surface area contributed by atoms with Crippen LogP contribution in [0.4, 0.5) is 5.82 Å². The van der Waals surface area contributed by atoms with Gasteiger partial charge >= 0.3 is 0 Å². The predicted octanol–water partition coefficient (Wildman–Crippen LogP) is 3.94. The van der Waals surface area contributed by atoms with Gasteiger partial charge in [0.15, 0.2) is 0 Å². The Balaban J connectivity index is 1.41. The fourth-order valence-electron chi connectivity index (χ4n) is 4.64. The third kappa shape index (κ3) is 3.94. The van der Waals surface area contributed by atoms with Gasteiger partial charge in [-0.25, -0.2) is 9.97 Å². The normalized spacial score (nSPS) is 16.7. The molecule has 0 radical (unpaired) electrons. The zero-order chi connectivity index (χ0) is 21.2. The van der Waals surface area contributed by atoms with Gasteiger partial charge in [-0.05, 0) is 38.3 Å². The van der Waals surface area contributed by atoms with E-state index in [9.17, 15) is 4.79 Å². The first-order valence-electron chi connectivity index (χ1n) is 11.3. The zero-order valence-corrected chi connectivity index (χ0v) is 18.1. The van der Waals surface area contributed by atoms with Gasteiger partial charge in [-0.2, -0.15) is 0 Å². The highest BCUT2D eigenvalue weighted by atomic mass is 16.2. The van der Waals surface area contributed by atoms with Gasteiger partial charge < -0.3 is 14.4 Å². The van der Waals surface area contributed by atoms with E-state index in [0.29, 0.717) is 18.8 Å². The molecule has 1 aromatic carbocycles. The van der Waals surface area contributed by atoms with Gasteiger partial charge in [-0.1, -0.05) is 42.3 Å². The summed E-state index contributed by atoms with van der Waals surface area (Å²) in [6.45, 7) is 6.01. The van der Waals surface area contributed by atoms with Crippen LogP contribution in [0.3, 0.4) is 0 Å². The maximum atomic E-state index is 13.5. The summed E-state index contributed by atoms with van der Waals surface area (Å²) in [6.07, 6.45) is 6.20. The number of pyridine rings is 1. The Kier molecular flexibility index (Phi) is 5.45. The lowest BCUT2D eigenvalue weighted by Gasteiger charge is -2.35. The van der Waals surface area contributed by atoms with Crippen LogP contribution in [-0.4, -0.2) is 51.5 Å². The number of hydrogen-bond donors (Lipinski definition) is 0. The molecule has 0 bridgehead atoms. The number of fused-ring (bicyclic) bond motifs is 1. The smallest absolute Gasteiger partial charge is 0.274 e. The molecule has 2 aliphatic rings. The van der Waals surface area contributed by atoms with Crippen LogP contribution in [0.25, 0.3) is 11.4 Å². The van der Waals surface area contributed by atoms with Crippen molar-refractivity contribution in [2.24, 2.45) is 0 Å². The molecule has 0 N–H and O–H groups in total. The number of benzene rings is 1. The van der Waals surface area contributed by atoms with Crippen LogP contribution in [-0.2, 0) is 13.0 Å². The van der Waals surface area contributed by atoms with Crippen molar-refractivity contribution in [1.29, 1.82) is 0 Å². The van der Waals surface area contributed by atoms with Gasteiger partial charge in [-0.3, -0.25) is 4.79 Å². The van der Waals surface area contributed by atoms with Crippen LogP contribution >= 0.6 is 0 Å². The lowest BCUT2D eigenvalue weighted by molar-refractivity contribution is 0.0740. The molecule has 1 fully saturated rings. The van der Waals surface area contributed by atoms with E-state index in [1.54, 1.807) is 0 Å². The number of carbonyl (C=O) groups excluding carboxylic acids is 1. The van der Waals surface area contributed by atoms with Gasteiger partial charge in [0.1, 0.15) is 17.3 Å². The first kappa shape index (κ1) is 19.8. The summed E-state index contributed by atoms with van der Waals surface area (Å²) in [7, 11) is 0. The molecule has 0 unspecified atom stereocenters. The summed E-state index contributed by atoms with van der Waals surface area (Å²) in [5, 5.41) is 0. The quantitative estimate of drug-likeness (QED) is 0.650. The monoisotopic (exact) mass is 415 g/mol. The number of carbonyl (C=O) groups is 1. The molecule has 6 heteroatoms. The summed E-state index contributed by atoms with van der Waals surface area (Å²) in [5.74, 6) is 1.99. The number of piperazine rings is 1. The first-order chi connectivity index (χ1) is 15.2. The molecule has 5 rings (SSSR count). The minimum absolute atomic E-state index is 0.0738. The Morgan fingerprint density at radius 1 is 0.903 bits per heavy atom. The lowest BCUT2D eigenvalue weighted by Crippen LogP contribution is -2.49. The van der Waals surface area contributed by atoms with Gasteiger partial charge in [0.05, 0.1) is 5.69 Å². The Morgan fingerprint density at radius 3 is 2.45 bits per heavy atom. The van der Waals surface area contributed by atoms with E-state index in [1.807, 2.05) is 29.3 Å². The van der Waals surface area contributed by atoms with Crippen molar-refractivity contribution >= 4 is 11.7 Å². The minimum atomic E-state index is 0.0738. The molecule has 31 heavy (non-hydrogen) atoms. The average Bonchev–Trinajstić information content (AvgIpc) is 3.00. The topological polar surface area (TPSA) is 54.3 Å². The van der Waals surface area contributed by atoms with Crippen LogP contribution in [0, 0.1) is 6.92 Å². The van der Waals surface area contributed by atoms with Crippen LogP contribution in [0.15, 0.2) is 48.7 Å². The highest BCUT2D eigenvalue weighted by Crippen LogP contribution is 2.28. The predicted molar refractivity (Wildman–Crippen MR) is 122 cm³/mol. The molecule has 6 nitrogen and oxygen atoms in total. The molecule has 0 aliphatic carbocycles. The Bertz CT molecular complexity index is 1050. The summed E-state index contributed by atoms with van der Waals surface area (Å²) >= 11 is 0. The van der Waals surface area contributed by atoms with Crippen molar-refractivity contribution in [3.8, 4) is 11.4 Å². The molecule has 0 atom stereocenters. The maximum Gasteiger partial charge on any atom is 0.274 e. The van der Waals surface area contributed by atoms with Crippen molar-refractivity contribution in [3.63, 3.8) is 0 Å². The number of anilines is 1. The van der Waals surface area contributed by atoms with Gasteiger partial charge in [-0.15, -0.1) is 0 Å². The summed E-state index contributed by atoms with van der Waals surface area (Å²) in [5.41, 5.74) is 4.09. The number of hydrogen-bond acceptors (Lipinski definition) is 4. The third-order valence-corrected chi connectivity index (χ3v) is 6.42. The van der Waals surface area contributed by atoms with Crippen molar-refractivity contribution in [2.45, 2.75) is 39.2 Å². The molecule has 160 valence electrons. The van der Waals surface area contributed by atoms with E-state index in [0.717, 1.165) is 61.8 Å². The van der Waals surface area contributed by atoms with E-state index in [-0.39, 0.29) is 5.91 Å². The van der Waals surface area contributed by atoms with Crippen LogP contribution in [0.5, 0.6) is 0 Å². The van der Waals surface area contributed by atoms with Crippen LogP contribution in [0.2, 0.25) is 0 Å². The summed E-state index contributed by atoms with van der Waals surface area (Å²) in [6, 6.07) is 14.4. The van der Waals surface area contributed by atoms with Crippen molar-refractivity contribution in [2.75, 3.05) is 31.1 Å². The highest BCUT2D eigenvalue weighted by Gasteiger charge is 2.29. The second-order valence-corrected chi connectivity index (χ2v) is 8.53. The molecular weight excluding hydrogens is 386 g/mol. The SMILES string of the molecule is Cc1ccc(-c2nc(C(=O)N3CCN(c4ccccn4)CC3)c3n2CCCCC3)cc1. The van der Waals surface area contributed by atoms with Gasteiger partial charge in [0, 0.05) is 44.5 Å². The molecule has 2 aliphatic heterocycles. The summed E-state index contributed by atoms with van der Waals surface area (Å²) in [4.78, 5) is 27.1. The van der Waals surface area contributed by atoms with Gasteiger partial charge in [0.2, 0.25) is 0 Å². The van der Waals surface area contributed by atoms with E-state index >= 15 is 0 Å². The fraction of sp³-hybridized carbons (Fsp3) is 0.400. The molecule has 3 aromatic rings. The average molecular weight is 416 g/mol.